The number of pyridine rings is 1. The van der Waals surface area contributed by atoms with E-state index in [2.05, 4.69) is 15.3 Å². The second-order valence-corrected chi connectivity index (χ2v) is 7.07. The summed E-state index contributed by atoms with van der Waals surface area (Å²) in [5, 5.41) is 3.08. The molecular weight excluding hydrogens is 439 g/mol. The molecule has 0 saturated heterocycles. The summed E-state index contributed by atoms with van der Waals surface area (Å²) in [5.74, 6) is -2.76. The fourth-order valence-corrected chi connectivity index (χ4v) is 3.10. The Morgan fingerprint density at radius 1 is 1.19 bits per heavy atom. The Morgan fingerprint density at radius 3 is 2.53 bits per heavy atom. The monoisotopic (exact) mass is 454 g/mol. The normalized spacial score (nSPS) is 15.2. The minimum absolute atomic E-state index is 0.0141. The molecular formula is C20H15F5N4O3. The van der Waals surface area contributed by atoms with Crippen LogP contribution in [-0.4, -0.2) is 20.6 Å². The van der Waals surface area contributed by atoms with Gasteiger partial charge in [-0.15, -0.1) is 0 Å². The van der Waals surface area contributed by atoms with E-state index in [0.717, 1.165) is 18.2 Å². The van der Waals surface area contributed by atoms with Crippen LogP contribution >= 0.6 is 0 Å². The number of anilines is 1. The van der Waals surface area contributed by atoms with Gasteiger partial charge in [-0.05, 0) is 36.8 Å². The van der Waals surface area contributed by atoms with Crippen LogP contribution in [-0.2, 0) is 19.3 Å². The first-order valence-corrected chi connectivity index (χ1v) is 9.30. The van der Waals surface area contributed by atoms with E-state index in [0.29, 0.717) is 24.6 Å². The molecule has 12 heteroatoms. The highest BCUT2D eigenvalue weighted by Crippen LogP contribution is 2.32. The van der Waals surface area contributed by atoms with Crippen molar-refractivity contribution in [3.05, 3.63) is 69.9 Å². The summed E-state index contributed by atoms with van der Waals surface area (Å²) >= 11 is 0. The molecule has 1 atom stereocenters. The lowest BCUT2D eigenvalue weighted by molar-refractivity contribution is -0.141. The number of nitrogens with one attached hydrogen (secondary N) is 1. The van der Waals surface area contributed by atoms with Crippen molar-refractivity contribution in [1.29, 1.82) is 0 Å². The third-order valence-corrected chi connectivity index (χ3v) is 4.53. The van der Waals surface area contributed by atoms with Crippen molar-refractivity contribution in [3.8, 4) is 17.4 Å². The van der Waals surface area contributed by atoms with E-state index in [1.165, 1.54) is 10.6 Å². The first-order valence-electron chi connectivity index (χ1n) is 9.30. The van der Waals surface area contributed by atoms with Crippen LogP contribution in [0.5, 0.6) is 17.4 Å². The predicted octanol–water partition coefficient (Wildman–Crippen LogP) is 4.12. The smallest absolute Gasteiger partial charge is 0.433 e. The van der Waals surface area contributed by atoms with E-state index in [-0.39, 0.29) is 29.8 Å². The Morgan fingerprint density at radius 2 is 1.91 bits per heavy atom. The number of alkyl halides is 3. The number of benzene rings is 1. The van der Waals surface area contributed by atoms with Gasteiger partial charge in [-0.3, -0.25) is 4.57 Å². The van der Waals surface area contributed by atoms with E-state index in [9.17, 15) is 26.7 Å². The lowest BCUT2D eigenvalue weighted by Crippen LogP contribution is -2.22. The molecule has 1 aromatic carbocycles. The summed E-state index contributed by atoms with van der Waals surface area (Å²) in [6.07, 6.45) is -3.93. The number of halogens is 5. The highest BCUT2D eigenvalue weighted by Gasteiger charge is 2.32. The van der Waals surface area contributed by atoms with Gasteiger partial charge in [0.2, 0.25) is 5.88 Å². The van der Waals surface area contributed by atoms with Gasteiger partial charge in [0.1, 0.15) is 23.9 Å². The maximum atomic E-state index is 14.4. The van der Waals surface area contributed by atoms with Gasteiger partial charge in [-0.25, -0.2) is 18.6 Å². The van der Waals surface area contributed by atoms with Gasteiger partial charge < -0.3 is 14.8 Å². The van der Waals surface area contributed by atoms with Crippen molar-refractivity contribution in [3.63, 3.8) is 0 Å². The van der Waals surface area contributed by atoms with Gasteiger partial charge in [0.05, 0.1) is 6.20 Å². The third-order valence-electron chi connectivity index (χ3n) is 4.53. The van der Waals surface area contributed by atoms with E-state index in [4.69, 9.17) is 9.47 Å². The molecule has 0 spiro atoms. The molecule has 32 heavy (non-hydrogen) atoms. The zero-order valence-electron chi connectivity index (χ0n) is 16.4. The number of ether oxygens (including phenoxy) is 2. The van der Waals surface area contributed by atoms with E-state index in [1.54, 1.807) is 0 Å². The molecule has 0 radical (unpaired) electrons. The van der Waals surface area contributed by atoms with Crippen LogP contribution in [0.1, 0.15) is 18.2 Å². The van der Waals surface area contributed by atoms with Crippen molar-refractivity contribution in [2.75, 3.05) is 5.32 Å². The Labute approximate surface area is 177 Å². The third kappa shape index (κ3) is 4.48. The average Bonchev–Trinajstić information content (AvgIpc) is 3.10. The number of rotatable bonds is 5. The zero-order valence-corrected chi connectivity index (χ0v) is 16.4. The molecule has 0 bridgehead atoms. The van der Waals surface area contributed by atoms with Gasteiger partial charge in [0.15, 0.2) is 17.4 Å². The van der Waals surface area contributed by atoms with Crippen LogP contribution in [0.3, 0.4) is 0 Å². The van der Waals surface area contributed by atoms with Crippen LogP contribution < -0.4 is 20.5 Å². The van der Waals surface area contributed by atoms with Crippen molar-refractivity contribution in [2.45, 2.75) is 32.3 Å². The number of hydrogen-bond donors (Lipinski definition) is 1. The van der Waals surface area contributed by atoms with Crippen LogP contribution in [0.4, 0.5) is 27.8 Å². The molecule has 1 aliphatic heterocycles. The summed E-state index contributed by atoms with van der Waals surface area (Å²) in [6, 6.07) is 4.98. The molecule has 3 heterocycles. The summed E-state index contributed by atoms with van der Waals surface area (Å²) in [4.78, 5) is 19.0. The fraction of sp³-hybridized carbons (Fsp3) is 0.250. The Kier molecular flexibility index (Phi) is 5.45. The Bertz CT molecular complexity index is 1190. The molecule has 1 aliphatic rings. The quantitative estimate of drug-likeness (QED) is 0.585. The van der Waals surface area contributed by atoms with Gasteiger partial charge in [0.25, 0.3) is 0 Å². The summed E-state index contributed by atoms with van der Waals surface area (Å²) in [6.45, 7) is 2.07. The standard InChI is InChI=1S/C20H15F5N4O3/c1-10-8-29-16(27-10)6-17(28-19(29)30)31-9-11-4-13(21)18(14(22)5-11)32-12-2-3-15(26-7-12)20(23,24)25/h2-7,10,27H,8-9H2,1H3. The number of nitrogens with zero attached hydrogens (tertiary/aromatic N) is 3. The molecule has 2 aromatic heterocycles. The van der Waals surface area contributed by atoms with E-state index < -0.39 is 34.9 Å². The molecule has 7 nitrogen and oxygen atoms in total. The van der Waals surface area contributed by atoms with Gasteiger partial charge in [-0.1, -0.05) is 0 Å². The van der Waals surface area contributed by atoms with Crippen LogP contribution in [0, 0.1) is 11.6 Å². The number of aromatic nitrogens is 3. The first-order chi connectivity index (χ1) is 15.1. The second kappa shape index (κ2) is 8.09. The second-order valence-electron chi connectivity index (χ2n) is 7.07. The largest absolute Gasteiger partial charge is 0.473 e. The SMILES string of the molecule is CC1Cn2c(cc(OCc3cc(F)c(Oc4ccc(C(F)(F)F)nc4)c(F)c3)nc2=O)N1. The van der Waals surface area contributed by atoms with Crippen molar-refractivity contribution >= 4 is 5.82 Å². The molecule has 168 valence electrons. The van der Waals surface area contributed by atoms with Gasteiger partial charge in [0, 0.05) is 18.7 Å². The lowest BCUT2D eigenvalue weighted by atomic mass is 10.2. The molecule has 1 unspecified atom stereocenters. The highest BCUT2D eigenvalue weighted by atomic mass is 19.4. The number of hydrogen-bond acceptors (Lipinski definition) is 6. The van der Waals surface area contributed by atoms with Crippen LogP contribution in [0.25, 0.3) is 0 Å². The minimum atomic E-state index is -4.65. The zero-order chi connectivity index (χ0) is 23.0. The topological polar surface area (TPSA) is 78.3 Å². The Hall–Kier alpha value is -3.70. The molecule has 0 fully saturated rings. The molecule has 0 saturated carbocycles. The molecule has 3 aromatic rings. The lowest BCUT2D eigenvalue weighted by Gasteiger charge is -2.11. The van der Waals surface area contributed by atoms with Crippen LogP contribution in [0.15, 0.2) is 41.3 Å². The van der Waals surface area contributed by atoms with Crippen molar-refractivity contribution < 1.29 is 31.4 Å². The molecule has 1 N–H and O–H groups in total. The maximum Gasteiger partial charge on any atom is 0.433 e. The molecule has 0 amide bonds. The minimum Gasteiger partial charge on any atom is -0.473 e. The average molecular weight is 454 g/mol. The van der Waals surface area contributed by atoms with Crippen molar-refractivity contribution in [1.82, 2.24) is 14.5 Å². The van der Waals surface area contributed by atoms with E-state index >= 15 is 0 Å². The molecule has 0 aliphatic carbocycles. The fourth-order valence-electron chi connectivity index (χ4n) is 3.10. The Balaban J connectivity index is 1.47. The number of fused-ring (bicyclic) bond motifs is 1. The summed E-state index contributed by atoms with van der Waals surface area (Å²) in [7, 11) is 0. The van der Waals surface area contributed by atoms with Gasteiger partial charge in [-0.2, -0.15) is 18.2 Å². The van der Waals surface area contributed by atoms with E-state index in [1.807, 2.05) is 6.92 Å². The van der Waals surface area contributed by atoms with Crippen molar-refractivity contribution in [2.24, 2.45) is 0 Å². The van der Waals surface area contributed by atoms with Gasteiger partial charge >= 0.3 is 11.9 Å². The predicted molar refractivity (Wildman–Crippen MR) is 102 cm³/mol. The van der Waals surface area contributed by atoms with Crippen LogP contribution in [0.2, 0.25) is 0 Å². The summed E-state index contributed by atoms with van der Waals surface area (Å²) < 4.78 is 78.3. The molecule has 4 rings (SSSR count). The maximum absolute atomic E-state index is 14.4. The first kappa shape index (κ1) is 21.5. The highest BCUT2D eigenvalue weighted by molar-refractivity contribution is 5.43. The summed E-state index contributed by atoms with van der Waals surface area (Å²) in [5.41, 5.74) is -1.59.